The molecule has 1 atom stereocenters. The minimum atomic E-state index is -0.676. The van der Waals surface area contributed by atoms with E-state index in [0.717, 1.165) is 5.56 Å². The number of carbonyl (C=O) groups excluding carboxylic acids is 2. The quantitative estimate of drug-likeness (QED) is 0.894. The maximum atomic E-state index is 12.6. The van der Waals surface area contributed by atoms with Gasteiger partial charge in [-0.15, -0.1) is 0 Å². The van der Waals surface area contributed by atoms with Crippen molar-refractivity contribution in [1.82, 2.24) is 0 Å². The minimum absolute atomic E-state index is 0.393. The van der Waals surface area contributed by atoms with Gasteiger partial charge in [0.15, 0.2) is 0 Å². The molecule has 5 nitrogen and oxygen atoms in total. The van der Waals surface area contributed by atoms with Gasteiger partial charge in [-0.05, 0) is 35.9 Å². The number of benzene rings is 2. The summed E-state index contributed by atoms with van der Waals surface area (Å²) in [6.07, 6.45) is 0.430. The van der Waals surface area contributed by atoms with Crippen molar-refractivity contribution in [3.05, 3.63) is 59.1 Å². The number of anilines is 2. The van der Waals surface area contributed by atoms with Crippen LogP contribution in [-0.4, -0.2) is 18.0 Å². The van der Waals surface area contributed by atoms with Crippen LogP contribution in [0.15, 0.2) is 48.5 Å². The average Bonchev–Trinajstić information content (AvgIpc) is 2.89. The van der Waals surface area contributed by atoms with Crippen LogP contribution in [0.25, 0.3) is 0 Å². The highest BCUT2D eigenvalue weighted by Crippen LogP contribution is 2.32. The number of carbonyl (C=O) groups is 2. The van der Waals surface area contributed by atoms with E-state index in [4.69, 9.17) is 17.3 Å². The lowest BCUT2D eigenvalue weighted by atomic mass is 10.1. The minimum Gasteiger partial charge on any atom is -0.368 e. The molecule has 0 aromatic heterocycles. The molecular formula is C16H14ClN3O2. The van der Waals surface area contributed by atoms with Crippen molar-refractivity contribution < 1.29 is 9.59 Å². The fraction of sp³-hybridized carbons (Fsp3) is 0.125. The summed E-state index contributed by atoms with van der Waals surface area (Å²) < 4.78 is 0. The highest BCUT2D eigenvalue weighted by Gasteiger charge is 2.37. The van der Waals surface area contributed by atoms with E-state index in [9.17, 15) is 9.59 Å². The van der Waals surface area contributed by atoms with E-state index in [1.807, 2.05) is 18.2 Å². The van der Waals surface area contributed by atoms with Gasteiger partial charge in [0.05, 0.1) is 0 Å². The second kappa shape index (κ2) is 5.69. The fourth-order valence-electron chi connectivity index (χ4n) is 2.58. The van der Waals surface area contributed by atoms with Crippen LogP contribution in [0.3, 0.4) is 0 Å². The first kappa shape index (κ1) is 14.4. The largest absolute Gasteiger partial charge is 0.368 e. The molecule has 3 N–H and O–H groups in total. The molecule has 1 aliphatic rings. The first-order valence-electron chi connectivity index (χ1n) is 6.79. The van der Waals surface area contributed by atoms with Gasteiger partial charge in [-0.25, -0.2) is 4.79 Å². The van der Waals surface area contributed by atoms with Crippen LogP contribution >= 0.6 is 11.6 Å². The van der Waals surface area contributed by atoms with Crippen molar-refractivity contribution in [2.24, 2.45) is 5.73 Å². The molecule has 0 saturated heterocycles. The molecule has 3 rings (SSSR count). The maximum Gasteiger partial charge on any atom is 0.327 e. The van der Waals surface area contributed by atoms with Gasteiger partial charge in [0.25, 0.3) is 0 Å². The van der Waals surface area contributed by atoms with E-state index in [-0.39, 0.29) is 0 Å². The highest BCUT2D eigenvalue weighted by atomic mass is 35.5. The lowest BCUT2D eigenvalue weighted by Gasteiger charge is -2.23. The Labute approximate surface area is 132 Å². The number of para-hydroxylation sites is 1. The summed E-state index contributed by atoms with van der Waals surface area (Å²) in [7, 11) is 0. The van der Waals surface area contributed by atoms with E-state index in [1.54, 1.807) is 30.3 Å². The van der Waals surface area contributed by atoms with Crippen LogP contribution in [0.2, 0.25) is 5.02 Å². The number of hydrogen-bond acceptors (Lipinski definition) is 2. The Bertz CT molecular complexity index is 730. The Hall–Kier alpha value is -2.53. The van der Waals surface area contributed by atoms with Crippen molar-refractivity contribution >= 4 is 34.9 Å². The summed E-state index contributed by atoms with van der Waals surface area (Å²) in [5, 5.41) is 3.34. The first-order valence-corrected chi connectivity index (χ1v) is 7.17. The third-order valence-electron chi connectivity index (χ3n) is 3.62. The Balaban J connectivity index is 1.88. The molecular weight excluding hydrogens is 302 g/mol. The third kappa shape index (κ3) is 2.63. The topological polar surface area (TPSA) is 75.4 Å². The molecule has 2 aromatic carbocycles. The van der Waals surface area contributed by atoms with Crippen molar-refractivity contribution in [2.45, 2.75) is 12.5 Å². The van der Waals surface area contributed by atoms with Gasteiger partial charge in [0, 0.05) is 22.8 Å². The number of nitrogens with two attached hydrogens (primary N) is 1. The monoisotopic (exact) mass is 315 g/mol. The van der Waals surface area contributed by atoms with Crippen LogP contribution in [-0.2, 0) is 11.2 Å². The molecule has 1 heterocycles. The van der Waals surface area contributed by atoms with Gasteiger partial charge < -0.3 is 11.1 Å². The smallest absolute Gasteiger partial charge is 0.327 e. The number of fused-ring (bicyclic) bond motifs is 1. The Morgan fingerprint density at radius 3 is 2.50 bits per heavy atom. The third-order valence-corrected chi connectivity index (χ3v) is 3.87. The molecule has 3 amide bonds. The lowest BCUT2D eigenvalue weighted by molar-refractivity contribution is -0.119. The van der Waals surface area contributed by atoms with E-state index in [2.05, 4.69) is 5.32 Å². The number of nitrogens with one attached hydrogen (secondary N) is 1. The number of rotatable bonds is 2. The van der Waals surface area contributed by atoms with Gasteiger partial charge in [-0.3, -0.25) is 9.69 Å². The predicted molar refractivity (Wildman–Crippen MR) is 86.1 cm³/mol. The lowest BCUT2D eigenvalue weighted by Crippen LogP contribution is -2.47. The van der Waals surface area contributed by atoms with E-state index in [1.165, 1.54) is 4.90 Å². The Morgan fingerprint density at radius 1 is 1.14 bits per heavy atom. The zero-order chi connectivity index (χ0) is 15.7. The standard InChI is InChI=1S/C16H14ClN3O2/c17-11-5-7-12(8-6-11)19-16(22)20-13-4-2-1-3-10(13)9-14(20)15(18)21/h1-8,14H,9H2,(H2,18,21)(H,19,22)/t14-/m1/s1. The summed E-state index contributed by atoms with van der Waals surface area (Å²) in [6, 6.07) is 13.1. The molecule has 0 fully saturated rings. The van der Waals surface area contributed by atoms with Gasteiger partial charge in [0.2, 0.25) is 5.91 Å². The number of amides is 3. The van der Waals surface area contributed by atoms with Gasteiger partial charge >= 0.3 is 6.03 Å². The van der Waals surface area contributed by atoms with Crippen LogP contribution in [0.5, 0.6) is 0 Å². The molecule has 1 aliphatic heterocycles. The zero-order valence-corrected chi connectivity index (χ0v) is 12.4. The summed E-state index contributed by atoms with van der Waals surface area (Å²) in [6.45, 7) is 0. The van der Waals surface area contributed by atoms with Gasteiger partial charge in [-0.1, -0.05) is 29.8 Å². The highest BCUT2D eigenvalue weighted by molar-refractivity contribution is 6.30. The average molecular weight is 316 g/mol. The normalized spacial score (nSPS) is 16.2. The molecule has 0 saturated carbocycles. The summed E-state index contributed by atoms with van der Waals surface area (Å²) in [5.41, 5.74) is 7.67. The predicted octanol–water partition coefficient (Wildman–Crippen LogP) is 2.79. The van der Waals surface area contributed by atoms with E-state index < -0.39 is 18.0 Å². The molecule has 0 unspecified atom stereocenters. The number of primary amides is 1. The molecule has 112 valence electrons. The second-order valence-corrected chi connectivity index (χ2v) is 5.49. The molecule has 0 aliphatic carbocycles. The number of nitrogens with zero attached hydrogens (tertiary/aromatic N) is 1. The summed E-state index contributed by atoms with van der Waals surface area (Å²) >= 11 is 5.82. The van der Waals surface area contributed by atoms with E-state index in [0.29, 0.717) is 22.8 Å². The number of hydrogen-bond donors (Lipinski definition) is 2. The number of halogens is 1. The second-order valence-electron chi connectivity index (χ2n) is 5.06. The first-order chi connectivity index (χ1) is 10.6. The SMILES string of the molecule is NC(=O)[C@H]1Cc2ccccc2N1C(=O)Nc1ccc(Cl)cc1. The van der Waals surface area contributed by atoms with E-state index >= 15 is 0 Å². The Morgan fingerprint density at radius 2 is 1.82 bits per heavy atom. The molecule has 6 heteroatoms. The molecule has 0 bridgehead atoms. The zero-order valence-electron chi connectivity index (χ0n) is 11.6. The molecule has 0 spiro atoms. The number of urea groups is 1. The van der Waals surface area contributed by atoms with Gasteiger partial charge in [0.1, 0.15) is 6.04 Å². The van der Waals surface area contributed by atoms with Crippen molar-refractivity contribution in [1.29, 1.82) is 0 Å². The summed E-state index contributed by atoms with van der Waals surface area (Å²) in [4.78, 5) is 25.6. The Kier molecular flexibility index (Phi) is 3.73. The van der Waals surface area contributed by atoms with Crippen LogP contribution in [0.1, 0.15) is 5.56 Å². The van der Waals surface area contributed by atoms with Crippen LogP contribution < -0.4 is 16.0 Å². The van der Waals surface area contributed by atoms with Crippen molar-refractivity contribution in [3.8, 4) is 0 Å². The maximum absolute atomic E-state index is 12.6. The fourth-order valence-corrected chi connectivity index (χ4v) is 2.71. The molecule has 22 heavy (non-hydrogen) atoms. The van der Waals surface area contributed by atoms with Crippen LogP contribution in [0.4, 0.5) is 16.2 Å². The van der Waals surface area contributed by atoms with Crippen LogP contribution in [0, 0.1) is 0 Å². The molecule has 2 aromatic rings. The van der Waals surface area contributed by atoms with Gasteiger partial charge in [-0.2, -0.15) is 0 Å². The summed E-state index contributed by atoms with van der Waals surface area (Å²) in [5.74, 6) is -0.526. The van der Waals surface area contributed by atoms with Crippen molar-refractivity contribution in [2.75, 3.05) is 10.2 Å². The molecule has 0 radical (unpaired) electrons. The van der Waals surface area contributed by atoms with Crippen molar-refractivity contribution in [3.63, 3.8) is 0 Å².